The summed E-state index contributed by atoms with van der Waals surface area (Å²) in [6.07, 6.45) is 3.68. The second-order valence-corrected chi connectivity index (χ2v) is 4.83. The largest absolute Gasteiger partial charge is 0.384 e. The maximum atomic E-state index is 5.91. The lowest BCUT2D eigenvalue weighted by molar-refractivity contribution is 0.150. The molecule has 0 saturated carbocycles. The van der Waals surface area contributed by atoms with Crippen molar-refractivity contribution in [2.75, 3.05) is 18.8 Å². The monoisotopic (exact) mass is 245 g/mol. The predicted molar refractivity (Wildman–Crippen MR) is 71.2 cm³/mol. The van der Waals surface area contributed by atoms with Crippen LogP contribution in [0.15, 0.2) is 18.2 Å². The quantitative estimate of drug-likeness (QED) is 0.877. The minimum Gasteiger partial charge on any atom is -0.384 e. The van der Waals surface area contributed by atoms with Gasteiger partial charge >= 0.3 is 0 Å². The minimum absolute atomic E-state index is 0.350. The molecule has 3 rings (SSSR count). The molecule has 0 aromatic carbocycles. The van der Waals surface area contributed by atoms with Crippen LogP contribution in [0.1, 0.15) is 38.1 Å². The third-order valence-corrected chi connectivity index (χ3v) is 3.72. The van der Waals surface area contributed by atoms with Crippen molar-refractivity contribution >= 4 is 11.5 Å². The Morgan fingerprint density at radius 3 is 3.06 bits per heavy atom. The first-order valence-corrected chi connectivity index (χ1v) is 6.65. The second kappa shape index (κ2) is 4.57. The molecule has 5 heteroatoms. The van der Waals surface area contributed by atoms with Crippen LogP contribution >= 0.6 is 0 Å². The molecule has 1 aliphatic heterocycles. The number of hydrogen-bond donors (Lipinski definition) is 1. The molecule has 2 aromatic heterocycles. The zero-order valence-electron chi connectivity index (χ0n) is 10.7. The molecule has 1 unspecified atom stereocenters. The zero-order chi connectivity index (χ0) is 12.5. The van der Waals surface area contributed by atoms with Gasteiger partial charge in [0.1, 0.15) is 5.82 Å². The molecule has 18 heavy (non-hydrogen) atoms. The molecule has 0 amide bonds. The van der Waals surface area contributed by atoms with Gasteiger partial charge in [-0.25, -0.2) is 4.98 Å². The Bertz CT molecular complexity index is 547. The summed E-state index contributed by atoms with van der Waals surface area (Å²) in [5, 5.41) is 4.57. The van der Waals surface area contributed by atoms with Crippen molar-refractivity contribution in [3.8, 4) is 0 Å². The molecule has 1 atom stereocenters. The van der Waals surface area contributed by atoms with Gasteiger partial charge in [-0.15, -0.1) is 5.10 Å². The van der Waals surface area contributed by atoms with Crippen LogP contribution in [0.4, 0.5) is 5.82 Å². The highest BCUT2D eigenvalue weighted by Gasteiger charge is 2.26. The van der Waals surface area contributed by atoms with Crippen LogP contribution < -0.4 is 5.73 Å². The molecule has 0 bridgehead atoms. The van der Waals surface area contributed by atoms with Crippen molar-refractivity contribution < 1.29 is 0 Å². The van der Waals surface area contributed by atoms with E-state index < -0.39 is 0 Å². The number of likely N-dealkylation sites (tertiary alicyclic amines) is 1. The lowest BCUT2D eigenvalue weighted by Crippen LogP contribution is -2.33. The number of fused-ring (bicyclic) bond motifs is 1. The standard InChI is InChI=1S/C13H19N5/c1-2-17-9-4-3-6-10(17)13-15-12-8-5-7-11(14)18(12)16-13/h5,7-8,10H,2-4,6,9,14H2,1H3. The van der Waals surface area contributed by atoms with E-state index in [2.05, 4.69) is 21.9 Å². The van der Waals surface area contributed by atoms with E-state index in [9.17, 15) is 0 Å². The summed E-state index contributed by atoms with van der Waals surface area (Å²) in [6.45, 7) is 4.39. The number of rotatable bonds is 2. The first kappa shape index (κ1) is 11.5. The van der Waals surface area contributed by atoms with Crippen molar-refractivity contribution in [1.29, 1.82) is 0 Å². The van der Waals surface area contributed by atoms with Gasteiger partial charge in [0.15, 0.2) is 11.5 Å². The third kappa shape index (κ3) is 1.84. The molecule has 1 saturated heterocycles. The molecule has 0 radical (unpaired) electrons. The Kier molecular flexibility index (Phi) is 2.91. The fourth-order valence-corrected chi connectivity index (χ4v) is 2.75. The fraction of sp³-hybridized carbons (Fsp3) is 0.538. The molecule has 0 aliphatic carbocycles. The SMILES string of the molecule is CCN1CCCCC1c1nc2cccc(N)n2n1. The fourth-order valence-electron chi connectivity index (χ4n) is 2.75. The summed E-state index contributed by atoms with van der Waals surface area (Å²) in [6, 6.07) is 6.07. The van der Waals surface area contributed by atoms with E-state index in [1.54, 1.807) is 4.52 Å². The predicted octanol–water partition coefficient (Wildman–Crippen LogP) is 1.86. The van der Waals surface area contributed by atoms with Crippen LogP contribution in [0, 0.1) is 0 Å². The van der Waals surface area contributed by atoms with Gasteiger partial charge in [0.25, 0.3) is 0 Å². The first-order chi connectivity index (χ1) is 8.79. The highest BCUT2D eigenvalue weighted by Crippen LogP contribution is 2.28. The molecule has 1 aliphatic rings. The average molecular weight is 245 g/mol. The van der Waals surface area contributed by atoms with E-state index >= 15 is 0 Å². The van der Waals surface area contributed by atoms with Gasteiger partial charge in [-0.2, -0.15) is 4.52 Å². The Balaban J connectivity index is 2.00. The van der Waals surface area contributed by atoms with Crippen LogP contribution in [0.3, 0.4) is 0 Å². The molecule has 5 nitrogen and oxygen atoms in total. The molecule has 2 N–H and O–H groups in total. The van der Waals surface area contributed by atoms with Gasteiger partial charge in [0, 0.05) is 0 Å². The van der Waals surface area contributed by atoms with Gasteiger partial charge < -0.3 is 5.73 Å². The van der Waals surface area contributed by atoms with E-state index in [0.717, 1.165) is 31.0 Å². The lowest BCUT2D eigenvalue weighted by atomic mass is 10.0. The number of piperidine rings is 1. The first-order valence-electron chi connectivity index (χ1n) is 6.65. The Hall–Kier alpha value is -1.62. The number of nitrogens with zero attached hydrogens (tertiary/aromatic N) is 4. The molecular formula is C13H19N5. The summed E-state index contributed by atoms with van der Waals surface area (Å²) < 4.78 is 1.73. The highest BCUT2D eigenvalue weighted by atomic mass is 15.3. The van der Waals surface area contributed by atoms with Gasteiger partial charge in [-0.05, 0) is 38.1 Å². The van der Waals surface area contributed by atoms with Crippen LogP contribution in [0.5, 0.6) is 0 Å². The van der Waals surface area contributed by atoms with Crippen molar-refractivity contribution in [3.63, 3.8) is 0 Å². The minimum atomic E-state index is 0.350. The third-order valence-electron chi connectivity index (χ3n) is 3.72. The molecule has 1 fully saturated rings. The summed E-state index contributed by atoms with van der Waals surface area (Å²) >= 11 is 0. The van der Waals surface area contributed by atoms with E-state index in [1.807, 2.05) is 18.2 Å². The summed E-state index contributed by atoms with van der Waals surface area (Å²) in [7, 11) is 0. The molecule has 2 aromatic rings. The smallest absolute Gasteiger partial charge is 0.168 e. The second-order valence-electron chi connectivity index (χ2n) is 4.83. The van der Waals surface area contributed by atoms with Gasteiger partial charge in [-0.3, -0.25) is 4.90 Å². The number of nitrogen functional groups attached to an aromatic ring is 1. The summed E-state index contributed by atoms with van der Waals surface area (Å²) in [5.74, 6) is 1.56. The van der Waals surface area contributed by atoms with E-state index in [1.165, 1.54) is 12.8 Å². The van der Waals surface area contributed by atoms with Crippen LogP contribution in [0.2, 0.25) is 0 Å². The number of anilines is 1. The van der Waals surface area contributed by atoms with Crippen LogP contribution in [-0.4, -0.2) is 32.6 Å². The van der Waals surface area contributed by atoms with Gasteiger partial charge in [0.05, 0.1) is 6.04 Å². The molecular weight excluding hydrogens is 226 g/mol. The maximum absolute atomic E-state index is 5.91. The van der Waals surface area contributed by atoms with Crippen molar-refractivity contribution in [1.82, 2.24) is 19.5 Å². The van der Waals surface area contributed by atoms with Crippen molar-refractivity contribution in [2.24, 2.45) is 0 Å². The molecule has 3 heterocycles. The number of aromatic nitrogens is 3. The Labute approximate surface area is 107 Å². The Morgan fingerprint density at radius 2 is 2.28 bits per heavy atom. The van der Waals surface area contributed by atoms with E-state index in [0.29, 0.717) is 11.9 Å². The number of nitrogens with two attached hydrogens (primary N) is 1. The van der Waals surface area contributed by atoms with Crippen LogP contribution in [-0.2, 0) is 0 Å². The maximum Gasteiger partial charge on any atom is 0.168 e. The van der Waals surface area contributed by atoms with Crippen LogP contribution in [0.25, 0.3) is 5.65 Å². The normalized spacial score (nSPS) is 21.5. The lowest BCUT2D eigenvalue weighted by Gasteiger charge is -2.32. The van der Waals surface area contributed by atoms with Gasteiger partial charge in [0.2, 0.25) is 0 Å². The summed E-state index contributed by atoms with van der Waals surface area (Å²) in [5.41, 5.74) is 6.75. The zero-order valence-corrected chi connectivity index (χ0v) is 10.7. The molecule has 0 spiro atoms. The van der Waals surface area contributed by atoms with Crippen molar-refractivity contribution in [2.45, 2.75) is 32.2 Å². The topological polar surface area (TPSA) is 59.5 Å². The average Bonchev–Trinajstić information content (AvgIpc) is 2.84. The summed E-state index contributed by atoms with van der Waals surface area (Å²) in [4.78, 5) is 7.08. The Morgan fingerprint density at radius 1 is 1.39 bits per heavy atom. The number of hydrogen-bond acceptors (Lipinski definition) is 4. The number of pyridine rings is 1. The van der Waals surface area contributed by atoms with E-state index in [4.69, 9.17) is 5.73 Å². The van der Waals surface area contributed by atoms with Crippen molar-refractivity contribution in [3.05, 3.63) is 24.0 Å². The molecule has 96 valence electrons. The highest BCUT2D eigenvalue weighted by molar-refractivity contribution is 5.46. The van der Waals surface area contributed by atoms with Gasteiger partial charge in [-0.1, -0.05) is 19.4 Å². The van der Waals surface area contributed by atoms with E-state index in [-0.39, 0.29) is 0 Å².